The summed E-state index contributed by atoms with van der Waals surface area (Å²) >= 11 is 0. The second kappa shape index (κ2) is 10.7. The van der Waals surface area contributed by atoms with Crippen LogP contribution in [0.5, 0.6) is 5.75 Å². The van der Waals surface area contributed by atoms with Gasteiger partial charge in [-0.1, -0.05) is 6.08 Å². The van der Waals surface area contributed by atoms with Gasteiger partial charge in [-0.2, -0.15) is 0 Å². The van der Waals surface area contributed by atoms with Crippen LogP contribution in [0.2, 0.25) is 0 Å². The number of hydrogen-bond acceptors (Lipinski definition) is 5. The van der Waals surface area contributed by atoms with Crippen molar-refractivity contribution in [2.45, 2.75) is 38.4 Å². The molecule has 1 rings (SSSR count). The number of amides is 3. The molecule has 0 aliphatic heterocycles. The second-order valence-corrected chi connectivity index (χ2v) is 5.91. The first-order valence-corrected chi connectivity index (χ1v) is 8.44. The Hall–Kier alpha value is -3.16. The second-order valence-electron chi connectivity index (χ2n) is 5.91. The van der Waals surface area contributed by atoms with Gasteiger partial charge >= 0.3 is 0 Å². The van der Waals surface area contributed by atoms with Gasteiger partial charge in [0.15, 0.2) is 0 Å². The predicted molar refractivity (Wildman–Crippen MR) is 100 cm³/mol. The van der Waals surface area contributed by atoms with Crippen molar-refractivity contribution in [1.29, 1.82) is 0 Å². The fourth-order valence-electron chi connectivity index (χ4n) is 2.12. The first-order chi connectivity index (χ1) is 12.8. The van der Waals surface area contributed by atoms with Gasteiger partial charge in [-0.25, -0.2) is 0 Å². The number of hydrogen-bond donors (Lipinski definition) is 3. The maximum atomic E-state index is 12.2. The minimum atomic E-state index is -0.847. The Morgan fingerprint density at radius 1 is 1.04 bits per heavy atom. The Balaban J connectivity index is 2.56. The quantitative estimate of drug-likeness (QED) is 0.409. The third-order valence-electron chi connectivity index (χ3n) is 3.81. The first-order valence-electron chi connectivity index (χ1n) is 8.44. The largest absolute Gasteiger partial charge is 0.497 e. The van der Waals surface area contributed by atoms with Crippen LogP contribution in [0.15, 0.2) is 36.9 Å². The minimum absolute atomic E-state index is 0.101. The zero-order valence-corrected chi connectivity index (χ0v) is 15.7. The molecule has 0 saturated heterocycles. The third-order valence-corrected chi connectivity index (χ3v) is 3.81. The number of carbonyl (C=O) groups excluding carboxylic acids is 4. The monoisotopic (exact) mass is 375 g/mol. The maximum absolute atomic E-state index is 12.2. The molecule has 3 atom stereocenters. The summed E-state index contributed by atoms with van der Waals surface area (Å²) in [6.45, 7) is 6.56. The summed E-state index contributed by atoms with van der Waals surface area (Å²) < 4.78 is 5.03. The molecule has 3 N–H and O–H groups in total. The molecule has 0 fully saturated rings. The van der Waals surface area contributed by atoms with E-state index in [2.05, 4.69) is 22.5 Å². The van der Waals surface area contributed by atoms with Crippen LogP contribution in [-0.2, 0) is 14.4 Å². The number of carbonyl (C=O) groups is 4. The molecule has 1 aromatic carbocycles. The first kappa shape index (κ1) is 21.9. The summed E-state index contributed by atoms with van der Waals surface area (Å²) in [5, 5.41) is 7.67. The van der Waals surface area contributed by atoms with Crippen LogP contribution in [0.1, 0.15) is 30.6 Å². The lowest BCUT2D eigenvalue weighted by Gasteiger charge is -2.20. The van der Waals surface area contributed by atoms with Crippen molar-refractivity contribution in [2.24, 2.45) is 0 Å². The van der Waals surface area contributed by atoms with E-state index in [0.29, 0.717) is 17.6 Å². The number of aldehydes is 1. The number of nitrogens with one attached hydrogen (secondary N) is 3. The molecule has 146 valence electrons. The summed E-state index contributed by atoms with van der Waals surface area (Å²) in [7, 11) is 1.52. The van der Waals surface area contributed by atoms with E-state index >= 15 is 0 Å². The molecule has 0 aromatic heterocycles. The van der Waals surface area contributed by atoms with Crippen molar-refractivity contribution >= 4 is 24.0 Å². The lowest BCUT2D eigenvalue weighted by atomic mass is 10.1. The molecule has 0 radical (unpaired) electrons. The molecule has 8 heteroatoms. The Kier molecular flexibility index (Phi) is 8.71. The average Bonchev–Trinajstić information content (AvgIpc) is 2.67. The van der Waals surface area contributed by atoms with Crippen molar-refractivity contribution in [2.75, 3.05) is 7.11 Å². The molecule has 3 amide bonds. The van der Waals surface area contributed by atoms with Gasteiger partial charge in [-0.05, 0) is 38.1 Å². The topological polar surface area (TPSA) is 114 Å². The van der Waals surface area contributed by atoms with Crippen LogP contribution in [0.4, 0.5) is 0 Å². The Morgan fingerprint density at radius 2 is 1.59 bits per heavy atom. The number of methoxy groups -OCH3 is 1. The summed E-state index contributed by atoms with van der Waals surface area (Å²) in [5.74, 6) is -0.770. The van der Waals surface area contributed by atoms with Crippen LogP contribution in [0, 0.1) is 0 Å². The Bertz CT molecular complexity index is 687. The number of rotatable bonds is 10. The van der Waals surface area contributed by atoms with Gasteiger partial charge in [0.05, 0.1) is 13.2 Å². The van der Waals surface area contributed by atoms with Crippen molar-refractivity contribution in [3.8, 4) is 5.75 Å². The van der Waals surface area contributed by atoms with E-state index in [1.165, 1.54) is 27.0 Å². The van der Waals surface area contributed by atoms with E-state index in [-0.39, 0.29) is 6.42 Å². The molecular weight excluding hydrogens is 350 g/mol. The summed E-state index contributed by atoms with van der Waals surface area (Å²) in [4.78, 5) is 47.0. The standard InChI is InChI=1S/C19H25N3O5/c1-5-15(10-11-23)22-18(25)13(3)20-17(24)12(2)21-19(26)14-6-8-16(27-4)9-7-14/h5-9,11-13,15H,1,10H2,2-4H3,(H,20,24)(H,21,26)(H,22,25)/t12-,13-,15+/m0/s1. The fourth-order valence-corrected chi connectivity index (χ4v) is 2.12. The summed E-state index contributed by atoms with van der Waals surface area (Å²) in [6.07, 6.45) is 2.22. The predicted octanol–water partition coefficient (Wildman–Crippen LogP) is 0.578. The molecule has 8 nitrogen and oxygen atoms in total. The van der Waals surface area contributed by atoms with E-state index in [0.717, 1.165) is 0 Å². The molecule has 0 aliphatic rings. The van der Waals surface area contributed by atoms with Gasteiger partial charge in [0.25, 0.3) is 5.91 Å². The normalized spacial score (nSPS) is 13.4. The molecule has 1 aromatic rings. The smallest absolute Gasteiger partial charge is 0.251 e. The van der Waals surface area contributed by atoms with Crippen molar-refractivity contribution in [3.05, 3.63) is 42.5 Å². The highest BCUT2D eigenvalue weighted by atomic mass is 16.5. The number of ether oxygens (including phenoxy) is 1. The van der Waals surface area contributed by atoms with Crippen LogP contribution in [-0.4, -0.2) is 49.2 Å². The van der Waals surface area contributed by atoms with E-state index in [1.807, 2.05) is 0 Å². The SMILES string of the molecule is C=C[C@H](CC=O)NC(=O)[C@H](C)NC(=O)[C@H](C)NC(=O)c1ccc(OC)cc1. The van der Waals surface area contributed by atoms with Crippen LogP contribution < -0.4 is 20.7 Å². The Labute approximate surface area is 158 Å². The third kappa shape index (κ3) is 6.93. The molecule has 27 heavy (non-hydrogen) atoms. The molecule has 0 heterocycles. The molecule has 0 aliphatic carbocycles. The summed E-state index contributed by atoms with van der Waals surface area (Å²) in [6, 6.07) is 4.26. The van der Waals surface area contributed by atoms with Crippen LogP contribution in [0.25, 0.3) is 0 Å². The molecule has 0 bridgehead atoms. The van der Waals surface area contributed by atoms with Crippen LogP contribution >= 0.6 is 0 Å². The highest BCUT2D eigenvalue weighted by Crippen LogP contribution is 2.11. The summed E-state index contributed by atoms with van der Waals surface area (Å²) in [5.41, 5.74) is 0.379. The maximum Gasteiger partial charge on any atom is 0.251 e. The average molecular weight is 375 g/mol. The van der Waals surface area contributed by atoms with Gasteiger partial charge < -0.3 is 25.5 Å². The van der Waals surface area contributed by atoms with Crippen molar-refractivity contribution in [1.82, 2.24) is 16.0 Å². The highest BCUT2D eigenvalue weighted by Gasteiger charge is 2.22. The van der Waals surface area contributed by atoms with E-state index in [4.69, 9.17) is 4.74 Å². The lowest BCUT2D eigenvalue weighted by molar-refractivity contribution is -0.129. The van der Waals surface area contributed by atoms with E-state index in [1.54, 1.807) is 24.3 Å². The molecule has 0 unspecified atom stereocenters. The molecule has 0 saturated carbocycles. The van der Waals surface area contributed by atoms with Gasteiger partial charge in [0.1, 0.15) is 24.1 Å². The van der Waals surface area contributed by atoms with Crippen molar-refractivity contribution in [3.63, 3.8) is 0 Å². The molecular formula is C19H25N3O5. The van der Waals surface area contributed by atoms with E-state index < -0.39 is 35.8 Å². The Morgan fingerprint density at radius 3 is 2.11 bits per heavy atom. The fraction of sp³-hybridized carbons (Fsp3) is 0.368. The van der Waals surface area contributed by atoms with Crippen LogP contribution in [0.3, 0.4) is 0 Å². The van der Waals surface area contributed by atoms with Gasteiger partial charge in [-0.3, -0.25) is 14.4 Å². The van der Waals surface area contributed by atoms with Gasteiger partial charge in [-0.15, -0.1) is 6.58 Å². The lowest BCUT2D eigenvalue weighted by Crippen LogP contribution is -2.52. The van der Waals surface area contributed by atoms with E-state index in [9.17, 15) is 19.2 Å². The number of benzene rings is 1. The minimum Gasteiger partial charge on any atom is -0.497 e. The molecule has 0 spiro atoms. The zero-order valence-electron chi connectivity index (χ0n) is 15.7. The van der Waals surface area contributed by atoms with Gasteiger partial charge in [0, 0.05) is 12.0 Å². The van der Waals surface area contributed by atoms with Crippen molar-refractivity contribution < 1.29 is 23.9 Å². The highest BCUT2D eigenvalue weighted by molar-refractivity contribution is 5.98. The zero-order chi connectivity index (χ0) is 20.4. The van der Waals surface area contributed by atoms with Gasteiger partial charge in [0.2, 0.25) is 11.8 Å².